The largest absolute Gasteiger partial charge is 0.455 e. The highest BCUT2D eigenvalue weighted by molar-refractivity contribution is 7.58. The van der Waals surface area contributed by atoms with Crippen LogP contribution in [0.5, 0.6) is 11.5 Å². The third-order valence-electron chi connectivity index (χ3n) is 2.36. The summed E-state index contributed by atoms with van der Waals surface area (Å²) in [5, 5.41) is 0. The SMILES string of the molecule is C=C/C=C/P(=O)(Oc1ccccc1)Oc1ccccc1. The summed E-state index contributed by atoms with van der Waals surface area (Å²) < 4.78 is 23.7. The molecule has 0 aromatic heterocycles. The topological polar surface area (TPSA) is 35.5 Å². The summed E-state index contributed by atoms with van der Waals surface area (Å²) >= 11 is 0. The lowest BCUT2D eigenvalue weighted by molar-refractivity contribution is 0.398. The van der Waals surface area contributed by atoms with Crippen molar-refractivity contribution in [1.29, 1.82) is 0 Å². The molecule has 0 aliphatic heterocycles. The van der Waals surface area contributed by atoms with Gasteiger partial charge in [0.15, 0.2) is 0 Å². The Bertz CT molecular complexity index is 575. The molecule has 2 rings (SSSR count). The quantitative estimate of drug-likeness (QED) is 0.551. The summed E-state index contributed by atoms with van der Waals surface area (Å²) in [5.74, 6) is 2.36. The molecule has 3 nitrogen and oxygen atoms in total. The van der Waals surface area contributed by atoms with Crippen molar-refractivity contribution in [3.05, 3.63) is 85.2 Å². The normalized spacial score (nSPS) is 11.2. The number of allylic oxidation sites excluding steroid dienone is 2. The highest BCUT2D eigenvalue weighted by Crippen LogP contribution is 2.49. The summed E-state index contributed by atoms with van der Waals surface area (Å²) in [6, 6.07) is 17.8. The first kappa shape index (κ1) is 14.2. The minimum Gasteiger partial charge on any atom is -0.413 e. The van der Waals surface area contributed by atoms with Crippen LogP contribution in [0.15, 0.2) is 85.2 Å². The van der Waals surface area contributed by atoms with Crippen LogP contribution in [0.1, 0.15) is 0 Å². The van der Waals surface area contributed by atoms with Crippen LogP contribution in [0.2, 0.25) is 0 Å². The summed E-state index contributed by atoms with van der Waals surface area (Å²) in [6.45, 7) is 3.56. The summed E-state index contributed by atoms with van der Waals surface area (Å²) in [6.07, 6.45) is 3.07. The van der Waals surface area contributed by atoms with E-state index >= 15 is 0 Å². The molecule has 0 heterocycles. The molecule has 0 aliphatic rings. The molecule has 0 fully saturated rings. The lowest BCUT2D eigenvalue weighted by atomic mass is 10.3. The maximum absolute atomic E-state index is 12.7. The molecule has 0 saturated carbocycles. The molecule has 0 spiro atoms. The first-order valence-corrected chi connectivity index (χ1v) is 7.72. The number of hydrogen-bond donors (Lipinski definition) is 0. The van der Waals surface area contributed by atoms with E-state index in [9.17, 15) is 4.57 Å². The predicted molar refractivity (Wildman–Crippen MR) is 81.1 cm³/mol. The number of rotatable bonds is 6. The Labute approximate surface area is 118 Å². The molecule has 20 heavy (non-hydrogen) atoms. The van der Waals surface area contributed by atoms with Crippen LogP contribution < -0.4 is 9.05 Å². The molecule has 0 saturated heterocycles. The van der Waals surface area contributed by atoms with Crippen LogP contribution in [-0.2, 0) is 4.57 Å². The average molecular weight is 286 g/mol. The van der Waals surface area contributed by atoms with E-state index in [1.165, 1.54) is 11.9 Å². The second-order valence-corrected chi connectivity index (χ2v) is 5.67. The van der Waals surface area contributed by atoms with Crippen LogP contribution >= 0.6 is 7.60 Å². The van der Waals surface area contributed by atoms with Crippen LogP contribution in [0.3, 0.4) is 0 Å². The molecule has 0 aliphatic carbocycles. The fourth-order valence-electron chi connectivity index (χ4n) is 1.50. The van der Waals surface area contributed by atoms with Crippen molar-refractivity contribution in [2.24, 2.45) is 0 Å². The van der Waals surface area contributed by atoms with Gasteiger partial charge in [-0.05, 0) is 24.3 Å². The molecule has 102 valence electrons. The minimum absolute atomic E-state index is 0.487. The van der Waals surface area contributed by atoms with Gasteiger partial charge in [0, 0.05) is 0 Å². The molecule has 0 amide bonds. The zero-order valence-corrected chi connectivity index (χ0v) is 11.8. The Morgan fingerprint density at radius 2 is 1.30 bits per heavy atom. The highest BCUT2D eigenvalue weighted by Gasteiger charge is 2.24. The Balaban J connectivity index is 2.24. The highest BCUT2D eigenvalue weighted by atomic mass is 31.2. The lowest BCUT2D eigenvalue weighted by Crippen LogP contribution is -1.98. The van der Waals surface area contributed by atoms with Gasteiger partial charge in [-0.3, -0.25) is 0 Å². The monoisotopic (exact) mass is 286 g/mol. The summed E-state index contributed by atoms with van der Waals surface area (Å²) in [5.41, 5.74) is 0. The van der Waals surface area contributed by atoms with E-state index in [1.54, 1.807) is 54.6 Å². The van der Waals surface area contributed by atoms with Crippen LogP contribution in [-0.4, -0.2) is 0 Å². The van der Waals surface area contributed by atoms with Crippen molar-refractivity contribution in [3.63, 3.8) is 0 Å². The van der Waals surface area contributed by atoms with Crippen LogP contribution in [0.25, 0.3) is 0 Å². The van der Waals surface area contributed by atoms with E-state index < -0.39 is 7.60 Å². The average Bonchev–Trinajstić information content (AvgIpc) is 2.47. The molecule has 0 radical (unpaired) electrons. The molecule has 0 unspecified atom stereocenters. The molecule has 0 N–H and O–H groups in total. The number of para-hydroxylation sites is 2. The molecule has 2 aromatic rings. The van der Waals surface area contributed by atoms with E-state index in [0.717, 1.165) is 0 Å². The maximum atomic E-state index is 12.7. The third-order valence-corrected chi connectivity index (χ3v) is 3.82. The van der Waals surface area contributed by atoms with Crippen molar-refractivity contribution in [1.82, 2.24) is 0 Å². The molecule has 4 heteroatoms. The molecule has 0 atom stereocenters. The van der Waals surface area contributed by atoms with Gasteiger partial charge in [-0.2, -0.15) is 0 Å². The standard InChI is InChI=1S/C16H15O3P/c1-2-3-14-20(17,18-15-10-6-4-7-11-15)19-16-12-8-5-9-13-16/h2-14H,1H2/b14-3+. The number of benzene rings is 2. The molecular formula is C16H15O3P. The second-order valence-electron chi connectivity index (χ2n) is 3.93. The molecule has 0 bridgehead atoms. The lowest BCUT2D eigenvalue weighted by Gasteiger charge is -2.16. The van der Waals surface area contributed by atoms with Gasteiger partial charge in [-0.25, -0.2) is 4.57 Å². The van der Waals surface area contributed by atoms with E-state index in [-0.39, 0.29) is 0 Å². The molecule has 2 aromatic carbocycles. The summed E-state index contributed by atoms with van der Waals surface area (Å²) in [7, 11) is -3.43. The van der Waals surface area contributed by atoms with Crippen molar-refractivity contribution in [2.75, 3.05) is 0 Å². The van der Waals surface area contributed by atoms with Crippen LogP contribution in [0.4, 0.5) is 0 Å². The Kier molecular flexibility index (Phi) is 4.80. The Morgan fingerprint density at radius 1 is 0.850 bits per heavy atom. The Hall–Kier alpha value is -2.25. The van der Waals surface area contributed by atoms with Crippen molar-refractivity contribution >= 4 is 7.60 Å². The van der Waals surface area contributed by atoms with Crippen molar-refractivity contribution in [2.45, 2.75) is 0 Å². The zero-order valence-electron chi connectivity index (χ0n) is 10.9. The van der Waals surface area contributed by atoms with Crippen molar-refractivity contribution in [3.8, 4) is 11.5 Å². The Morgan fingerprint density at radius 3 is 1.70 bits per heavy atom. The zero-order chi connectivity index (χ0) is 14.3. The van der Waals surface area contributed by atoms with E-state index in [4.69, 9.17) is 9.05 Å². The third kappa shape index (κ3) is 4.15. The molecular weight excluding hydrogens is 271 g/mol. The maximum Gasteiger partial charge on any atom is 0.455 e. The predicted octanol–water partition coefficient (Wildman–Crippen LogP) is 5.04. The van der Waals surface area contributed by atoms with E-state index in [0.29, 0.717) is 11.5 Å². The van der Waals surface area contributed by atoms with Gasteiger partial charge in [0.2, 0.25) is 0 Å². The van der Waals surface area contributed by atoms with Gasteiger partial charge in [0.1, 0.15) is 11.5 Å². The van der Waals surface area contributed by atoms with Gasteiger partial charge in [-0.15, -0.1) is 0 Å². The van der Waals surface area contributed by atoms with Crippen LogP contribution in [0, 0.1) is 0 Å². The van der Waals surface area contributed by atoms with Crippen molar-refractivity contribution < 1.29 is 13.6 Å². The fourth-order valence-corrected chi connectivity index (χ4v) is 2.82. The summed E-state index contributed by atoms with van der Waals surface area (Å²) in [4.78, 5) is 0. The smallest absolute Gasteiger partial charge is 0.413 e. The van der Waals surface area contributed by atoms with Gasteiger partial charge >= 0.3 is 7.60 Å². The van der Waals surface area contributed by atoms with E-state index in [1.807, 2.05) is 12.1 Å². The van der Waals surface area contributed by atoms with E-state index in [2.05, 4.69) is 6.58 Å². The van der Waals surface area contributed by atoms with Gasteiger partial charge in [0.25, 0.3) is 0 Å². The minimum atomic E-state index is -3.43. The van der Waals surface area contributed by atoms with Gasteiger partial charge in [-0.1, -0.05) is 55.1 Å². The van der Waals surface area contributed by atoms with Gasteiger partial charge in [0.05, 0.1) is 5.82 Å². The second kappa shape index (κ2) is 6.78. The van der Waals surface area contributed by atoms with Gasteiger partial charge < -0.3 is 9.05 Å². The fraction of sp³-hybridized carbons (Fsp3) is 0. The first-order valence-electron chi connectivity index (χ1n) is 6.11. The number of hydrogen-bond acceptors (Lipinski definition) is 3. The first-order chi connectivity index (χ1) is 9.72.